The van der Waals surface area contributed by atoms with Crippen LogP contribution in [-0.4, -0.2) is 44.5 Å². The monoisotopic (exact) mass is 309 g/mol. The van der Waals surface area contributed by atoms with E-state index in [2.05, 4.69) is 4.98 Å². The van der Waals surface area contributed by atoms with Gasteiger partial charge in [0.15, 0.2) is 0 Å². The van der Waals surface area contributed by atoms with Crippen LogP contribution in [0.1, 0.15) is 13.3 Å². The van der Waals surface area contributed by atoms with Crippen molar-refractivity contribution in [3.05, 3.63) is 28.1 Å². The highest BCUT2D eigenvalue weighted by Gasteiger charge is 2.21. The normalized spacial score (nSPS) is 12.3. The number of amides is 1. The van der Waals surface area contributed by atoms with Gasteiger partial charge in [0.1, 0.15) is 10.9 Å². The average molecular weight is 309 g/mol. The smallest absolute Gasteiger partial charge is 0.326 e. The van der Waals surface area contributed by atoms with Crippen LogP contribution in [0.3, 0.4) is 0 Å². The lowest BCUT2D eigenvalue weighted by Gasteiger charge is -2.21. The molecule has 1 amide bonds. The quantitative estimate of drug-likeness (QED) is 0.881. The maximum absolute atomic E-state index is 12.1. The van der Waals surface area contributed by atoms with Crippen molar-refractivity contribution in [2.45, 2.75) is 25.9 Å². The summed E-state index contributed by atoms with van der Waals surface area (Å²) >= 11 is 1.38. The summed E-state index contributed by atoms with van der Waals surface area (Å²) in [4.78, 5) is 40.8. The first-order valence-corrected chi connectivity index (χ1v) is 7.21. The molecule has 0 aliphatic heterocycles. The van der Waals surface area contributed by atoms with Crippen molar-refractivity contribution in [1.82, 2.24) is 14.5 Å². The minimum atomic E-state index is -1.07. The van der Waals surface area contributed by atoms with E-state index in [1.807, 2.05) is 0 Å². The summed E-state index contributed by atoms with van der Waals surface area (Å²) < 4.78 is 1.37. The lowest BCUT2D eigenvalue weighted by atomic mass is 10.2. The van der Waals surface area contributed by atoms with Crippen LogP contribution in [0.5, 0.6) is 0 Å². The molecule has 0 aliphatic rings. The fraction of sp³-hybridized carbons (Fsp3) is 0.385. The first-order chi connectivity index (χ1) is 9.91. The second-order valence-electron chi connectivity index (χ2n) is 4.65. The highest BCUT2D eigenvalue weighted by atomic mass is 32.1. The van der Waals surface area contributed by atoms with Crippen LogP contribution in [0.15, 0.2) is 22.6 Å². The van der Waals surface area contributed by atoms with Crippen molar-refractivity contribution in [3.63, 3.8) is 0 Å². The number of likely N-dealkylation sites (N-methyl/N-ethyl adjacent to an activating group) is 1. The molecule has 8 heteroatoms. The highest BCUT2D eigenvalue weighted by molar-refractivity contribution is 7.16. The second kappa shape index (κ2) is 6.04. The van der Waals surface area contributed by atoms with Gasteiger partial charge in [-0.2, -0.15) is 0 Å². The zero-order chi connectivity index (χ0) is 15.6. The lowest BCUT2D eigenvalue weighted by Crippen LogP contribution is -2.40. The first-order valence-electron chi connectivity index (χ1n) is 6.33. The van der Waals surface area contributed by atoms with Gasteiger partial charge in [0.05, 0.1) is 11.7 Å². The van der Waals surface area contributed by atoms with Crippen LogP contribution < -0.4 is 5.56 Å². The lowest BCUT2D eigenvalue weighted by molar-refractivity contribution is -0.148. The number of carboxylic acids is 1. The van der Waals surface area contributed by atoms with Crippen molar-refractivity contribution in [2.75, 3.05) is 7.05 Å². The third-order valence-corrected chi connectivity index (χ3v) is 4.17. The number of carbonyl (C=O) groups excluding carboxylic acids is 1. The predicted molar refractivity (Wildman–Crippen MR) is 78.4 cm³/mol. The number of fused-ring (bicyclic) bond motifs is 1. The summed E-state index contributed by atoms with van der Waals surface area (Å²) in [6.45, 7) is 1.61. The number of aliphatic carboxylic acids is 1. The third-order valence-electron chi connectivity index (χ3n) is 3.35. The van der Waals surface area contributed by atoms with Crippen molar-refractivity contribution in [2.24, 2.45) is 0 Å². The Morgan fingerprint density at radius 2 is 2.24 bits per heavy atom. The molecule has 2 aromatic rings. The number of carboxylic acid groups (broad SMARTS) is 1. The minimum Gasteiger partial charge on any atom is -0.480 e. The van der Waals surface area contributed by atoms with E-state index >= 15 is 0 Å². The van der Waals surface area contributed by atoms with Crippen LogP contribution in [0.2, 0.25) is 0 Å². The molecule has 0 saturated carbocycles. The van der Waals surface area contributed by atoms with Gasteiger partial charge in [0, 0.05) is 20.0 Å². The summed E-state index contributed by atoms with van der Waals surface area (Å²) in [6.07, 6.45) is 1.46. The van der Waals surface area contributed by atoms with E-state index in [4.69, 9.17) is 5.11 Å². The topological polar surface area (TPSA) is 92.5 Å². The van der Waals surface area contributed by atoms with E-state index in [1.165, 1.54) is 36.2 Å². The largest absolute Gasteiger partial charge is 0.480 e. The SMILES string of the molecule is CC(C(=O)O)N(C)C(=O)CCn1cnc2sccc2c1=O. The molecule has 1 unspecified atom stereocenters. The number of thiophene rings is 1. The summed E-state index contributed by atoms with van der Waals surface area (Å²) in [5.74, 6) is -1.40. The highest BCUT2D eigenvalue weighted by Crippen LogP contribution is 2.13. The van der Waals surface area contributed by atoms with E-state index in [1.54, 1.807) is 11.4 Å². The molecule has 0 spiro atoms. The van der Waals surface area contributed by atoms with E-state index in [-0.39, 0.29) is 24.4 Å². The molecule has 0 radical (unpaired) electrons. The number of aromatic nitrogens is 2. The molecule has 0 saturated heterocycles. The molecule has 7 nitrogen and oxygen atoms in total. The molecule has 2 heterocycles. The van der Waals surface area contributed by atoms with E-state index in [0.717, 1.165) is 4.90 Å². The van der Waals surface area contributed by atoms with Crippen molar-refractivity contribution in [3.8, 4) is 0 Å². The molecule has 1 N–H and O–H groups in total. The molecule has 2 rings (SSSR count). The predicted octanol–water partition coefficient (Wildman–Crippen LogP) is 0.780. The number of hydrogen-bond donors (Lipinski definition) is 1. The summed E-state index contributed by atoms with van der Waals surface area (Å²) in [5.41, 5.74) is -0.192. The molecular weight excluding hydrogens is 294 g/mol. The Hall–Kier alpha value is -2.22. The van der Waals surface area contributed by atoms with E-state index in [9.17, 15) is 14.4 Å². The van der Waals surface area contributed by atoms with E-state index in [0.29, 0.717) is 10.2 Å². The average Bonchev–Trinajstić information content (AvgIpc) is 2.93. The van der Waals surface area contributed by atoms with Crippen molar-refractivity contribution >= 4 is 33.4 Å². The Morgan fingerprint density at radius 3 is 2.90 bits per heavy atom. The molecule has 1 atom stereocenters. The molecular formula is C13H15N3O4S. The van der Waals surface area contributed by atoms with Crippen LogP contribution >= 0.6 is 11.3 Å². The minimum absolute atomic E-state index is 0.0470. The molecule has 0 fully saturated rings. The maximum atomic E-state index is 12.1. The molecule has 0 aromatic carbocycles. The van der Waals surface area contributed by atoms with Gasteiger partial charge in [-0.15, -0.1) is 11.3 Å². The second-order valence-corrected chi connectivity index (χ2v) is 5.55. The van der Waals surface area contributed by atoms with E-state index < -0.39 is 12.0 Å². The Kier molecular flexibility index (Phi) is 4.37. The van der Waals surface area contributed by atoms with Gasteiger partial charge >= 0.3 is 5.97 Å². The van der Waals surface area contributed by atoms with Gasteiger partial charge in [-0.3, -0.25) is 14.2 Å². The maximum Gasteiger partial charge on any atom is 0.326 e. The number of rotatable bonds is 5. The van der Waals surface area contributed by atoms with Gasteiger partial charge in [-0.25, -0.2) is 9.78 Å². The zero-order valence-electron chi connectivity index (χ0n) is 11.6. The van der Waals surface area contributed by atoms with Crippen LogP contribution in [-0.2, 0) is 16.1 Å². The fourth-order valence-electron chi connectivity index (χ4n) is 1.83. The molecule has 0 bridgehead atoms. The van der Waals surface area contributed by atoms with Crippen molar-refractivity contribution < 1.29 is 14.7 Å². The van der Waals surface area contributed by atoms with Gasteiger partial charge < -0.3 is 10.0 Å². The fourth-order valence-corrected chi connectivity index (χ4v) is 2.55. The Bertz CT molecular complexity index is 736. The number of aryl methyl sites for hydroxylation is 1. The number of carbonyl (C=O) groups is 2. The molecule has 2 aromatic heterocycles. The summed E-state index contributed by atoms with van der Waals surface area (Å²) in [6, 6.07) is 0.804. The van der Waals surface area contributed by atoms with Crippen LogP contribution in [0, 0.1) is 0 Å². The molecule has 0 aliphatic carbocycles. The number of nitrogens with zero attached hydrogens (tertiary/aromatic N) is 3. The molecule has 21 heavy (non-hydrogen) atoms. The Morgan fingerprint density at radius 1 is 1.52 bits per heavy atom. The van der Waals surface area contributed by atoms with Crippen molar-refractivity contribution in [1.29, 1.82) is 0 Å². The third kappa shape index (κ3) is 3.10. The van der Waals surface area contributed by atoms with Gasteiger partial charge in [-0.1, -0.05) is 0 Å². The zero-order valence-corrected chi connectivity index (χ0v) is 12.5. The Balaban J connectivity index is 2.08. The summed E-state index contributed by atoms with van der Waals surface area (Å²) in [7, 11) is 1.43. The van der Waals surface area contributed by atoms with Crippen LogP contribution in [0.4, 0.5) is 0 Å². The van der Waals surface area contributed by atoms with Crippen LogP contribution in [0.25, 0.3) is 10.2 Å². The van der Waals surface area contributed by atoms with Gasteiger partial charge in [-0.05, 0) is 18.4 Å². The molecule has 112 valence electrons. The number of hydrogen-bond acceptors (Lipinski definition) is 5. The first kappa shape index (κ1) is 15.2. The Labute approximate surface area is 124 Å². The standard InChI is InChI=1S/C13H15N3O4S/c1-8(13(19)20)15(2)10(17)3-5-16-7-14-11-9(12(16)18)4-6-21-11/h4,6-8H,3,5H2,1-2H3,(H,19,20). The van der Waals surface area contributed by atoms with Gasteiger partial charge in [0.25, 0.3) is 5.56 Å². The van der Waals surface area contributed by atoms with Gasteiger partial charge in [0.2, 0.25) is 5.91 Å². The summed E-state index contributed by atoms with van der Waals surface area (Å²) in [5, 5.41) is 11.2.